The van der Waals surface area contributed by atoms with E-state index in [0.29, 0.717) is 11.0 Å². The third-order valence-corrected chi connectivity index (χ3v) is 7.14. The quantitative estimate of drug-likeness (QED) is 0.795. The summed E-state index contributed by atoms with van der Waals surface area (Å²) in [6, 6.07) is 2.04. The lowest BCUT2D eigenvalue weighted by molar-refractivity contribution is 0.402. The molecule has 0 radical (unpaired) electrons. The summed E-state index contributed by atoms with van der Waals surface area (Å²) in [7, 11) is 1.19. The van der Waals surface area contributed by atoms with Gasteiger partial charge in [-0.2, -0.15) is 0 Å². The lowest BCUT2D eigenvalue weighted by Gasteiger charge is -2.29. The smallest absolute Gasteiger partial charge is 0.237 e. The molecule has 2 aromatic heterocycles. The third-order valence-electron chi connectivity index (χ3n) is 4.04. The summed E-state index contributed by atoms with van der Waals surface area (Å²) in [5, 5.41) is 1.53. The van der Waals surface area contributed by atoms with E-state index in [1.807, 2.05) is 6.07 Å². The summed E-state index contributed by atoms with van der Waals surface area (Å²) in [5.41, 5.74) is 1.12. The molecule has 0 aromatic carbocycles. The molecule has 0 aliphatic carbocycles. The number of halogens is 1. The number of rotatable bonds is 4. The largest absolute Gasteiger partial charge is 0.480 e. The molecular formula is C14H21BrN2OSi. The maximum Gasteiger partial charge on any atom is 0.237 e. The highest BCUT2D eigenvalue weighted by Gasteiger charge is 2.25. The number of nitrogens with zero attached hydrogens (tertiary/aromatic N) is 2. The number of ether oxygens (including phenoxy) is 1. The molecule has 5 heteroatoms. The molecule has 2 rings (SSSR count). The van der Waals surface area contributed by atoms with Gasteiger partial charge in [0, 0.05) is 22.3 Å². The summed E-state index contributed by atoms with van der Waals surface area (Å²) in [6.45, 7) is 9.30. The Morgan fingerprint density at radius 2 is 2.11 bits per heavy atom. The van der Waals surface area contributed by atoms with Crippen LogP contribution >= 0.6 is 15.9 Å². The minimum Gasteiger partial charge on any atom is -0.480 e. The van der Waals surface area contributed by atoms with Gasteiger partial charge >= 0.3 is 0 Å². The lowest BCUT2D eigenvalue weighted by Crippen LogP contribution is -2.25. The van der Waals surface area contributed by atoms with Crippen LogP contribution in [-0.2, 0) is 0 Å². The van der Waals surface area contributed by atoms with E-state index in [0.717, 1.165) is 15.9 Å². The minimum atomic E-state index is -0.496. The molecule has 0 saturated heterocycles. The number of pyridine rings is 1. The van der Waals surface area contributed by atoms with Gasteiger partial charge in [-0.25, -0.2) is 4.98 Å². The second kappa shape index (κ2) is 5.29. The van der Waals surface area contributed by atoms with Crippen molar-refractivity contribution in [2.75, 3.05) is 7.11 Å². The second-order valence-electron chi connectivity index (χ2n) is 5.96. The molecule has 0 saturated carbocycles. The first-order valence-corrected chi connectivity index (χ1v) is 8.67. The van der Waals surface area contributed by atoms with Gasteiger partial charge in [-0.05, 0) is 33.0 Å². The van der Waals surface area contributed by atoms with Gasteiger partial charge in [0.15, 0.2) is 0 Å². The second-order valence-corrected chi connectivity index (χ2v) is 9.64. The van der Waals surface area contributed by atoms with E-state index in [1.54, 1.807) is 13.3 Å². The maximum atomic E-state index is 5.43. The third kappa shape index (κ3) is 2.72. The van der Waals surface area contributed by atoms with Gasteiger partial charge in [-0.1, -0.05) is 27.7 Å². The number of methoxy groups -OCH3 is 1. The van der Waals surface area contributed by atoms with Gasteiger partial charge in [-0.15, -0.1) is 0 Å². The fraction of sp³-hybridized carbons (Fsp3) is 0.500. The van der Waals surface area contributed by atoms with Crippen molar-refractivity contribution in [3.63, 3.8) is 0 Å². The van der Waals surface area contributed by atoms with Crippen molar-refractivity contribution in [3.8, 4) is 5.88 Å². The van der Waals surface area contributed by atoms with Crippen molar-refractivity contribution in [2.24, 2.45) is 5.92 Å². The Labute approximate surface area is 125 Å². The van der Waals surface area contributed by atoms with E-state index in [4.69, 9.17) is 4.74 Å². The van der Waals surface area contributed by atoms with Gasteiger partial charge in [-0.3, -0.25) is 0 Å². The van der Waals surface area contributed by atoms with E-state index in [1.165, 1.54) is 5.39 Å². The number of hydrogen-bond donors (Lipinski definition) is 0. The molecule has 104 valence electrons. The standard InChI is InChI=1S/C14H21BrN2OSi/c1-9(2)14(3,4)19-17-8-11(15)10-6-7-16-13(18-5)12(10)17/h6-9H,19H2,1-5H3. The molecule has 19 heavy (non-hydrogen) atoms. The average Bonchev–Trinajstić information content (AvgIpc) is 2.65. The van der Waals surface area contributed by atoms with E-state index >= 15 is 0 Å². The Kier molecular flexibility index (Phi) is 4.06. The Morgan fingerprint density at radius 3 is 2.68 bits per heavy atom. The van der Waals surface area contributed by atoms with Crippen molar-refractivity contribution in [1.29, 1.82) is 0 Å². The maximum absolute atomic E-state index is 5.43. The van der Waals surface area contributed by atoms with Gasteiger partial charge in [0.1, 0.15) is 15.2 Å². The first-order chi connectivity index (χ1) is 8.86. The molecule has 0 unspecified atom stereocenters. The zero-order valence-corrected chi connectivity index (χ0v) is 15.2. The Bertz CT molecular complexity index is 592. The summed E-state index contributed by atoms with van der Waals surface area (Å²) < 4.78 is 8.93. The highest BCUT2D eigenvalue weighted by Crippen LogP contribution is 2.37. The monoisotopic (exact) mass is 340 g/mol. The van der Waals surface area contributed by atoms with Crippen LogP contribution in [0.5, 0.6) is 5.88 Å². The van der Waals surface area contributed by atoms with Crippen LogP contribution in [0.15, 0.2) is 22.9 Å². The fourth-order valence-corrected chi connectivity index (χ4v) is 4.89. The van der Waals surface area contributed by atoms with Crippen molar-refractivity contribution in [2.45, 2.75) is 32.7 Å². The normalized spacial score (nSPS) is 13.0. The molecule has 0 N–H and O–H groups in total. The molecule has 3 nitrogen and oxygen atoms in total. The first-order valence-electron chi connectivity index (χ1n) is 6.54. The van der Waals surface area contributed by atoms with Crippen LogP contribution in [0.25, 0.3) is 10.9 Å². The van der Waals surface area contributed by atoms with Gasteiger partial charge < -0.3 is 8.97 Å². The molecule has 0 fully saturated rings. The molecule has 0 spiro atoms. The molecule has 2 heterocycles. The van der Waals surface area contributed by atoms with Gasteiger partial charge in [0.05, 0.1) is 7.11 Å². The van der Waals surface area contributed by atoms with Crippen LogP contribution in [-0.4, -0.2) is 26.0 Å². The molecule has 0 atom stereocenters. The zero-order chi connectivity index (χ0) is 14.2. The highest BCUT2D eigenvalue weighted by molar-refractivity contribution is 9.10. The van der Waals surface area contributed by atoms with Crippen LogP contribution < -0.4 is 4.74 Å². The molecule has 2 aromatic rings. The zero-order valence-electron chi connectivity index (χ0n) is 12.2. The van der Waals surface area contributed by atoms with Crippen LogP contribution in [0, 0.1) is 5.92 Å². The van der Waals surface area contributed by atoms with E-state index in [9.17, 15) is 0 Å². The van der Waals surface area contributed by atoms with E-state index in [2.05, 4.69) is 59.0 Å². The average molecular weight is 341 g/mol. The lowest BCUT2D eigenvalue weighted by atomic mass is 9.99. The summed E-state index contributed by atoms with van der Waals surface area (Å²) >= 11 is 3.64. The minimum absolute atomic E-state index is 0.353. The van der Waals surface area contributed by atoms with Gasteiger partial charge in [0.25, 0.3) is 0 Å². The SMILES string of the molecule is COc1nccc2c(Br)cn([SiH2]C(C)(C)C(C)C)c12. The summed E-state index contributed by atoms with van der Waals surface area (Å²) in [6.07, 6.45) is 3.98. The molecule has 0 aliphatic heterocycles. The van der Waals surface area contributed by atoms with Crippen LogP contribution in [0.4, 0.5) is 0 Å². The molecular weight excluding hydrogens is 320 g/mol. The topological polar surface area (TPSA) is 27.1 Å². The number of fused-ring (bicyclic) bond motifs is 1. The fourth-order valence-electron chi connectivity index (χ4n) is 2.07. The number of hydrogen-bond acceptors (Lipinski definition) is 2. The van der Waals surface area contributed by atoms with Crippen molar-refractivity contribution < 1.29 is 4.74 Å². The van der Waals surface area contributed by atoms with Crippen molar-refractivity contribution in [1.82, 2.24) is 9.22 Å². The van der Waals surface area contributed by atoms with E-state index < -0.39 is 9.68 Å². The van der Waals surface area contributed by atoms with Crippen LogP contribution in [0.2, 0.25) is 5.04 Å². The molecule has 0 bridgehead atoms. The number of aromatic nitrogens is 2. The van der Waals surface area contributed by atoms with Crippen molar-refractivity contribution in [3.05, 3.63) is 22.9 Å². The predicted molar refractivity (Wildman–Crippen MR) is 86.8 cm³/mol. The summed E-state index contributed by atoms with van der Waals surface area (Å²) in [4.78, 5) is 4.33. The van der Waals surface area contributed by atoms with E-state index in [-0.39, 0.29) is 0 Å². The first kappa shape index (κ1) is 14.6. The molecule has 0 amide bonds. The molecule has 0 aliphatic rings. The highest BCUT2D eigenvalue weighted by atomic mass is 79.9. The van der Waals surface area contributed by atoms with Crippen molar-refractivity contribution >= 4 is 36.5 Å². The Morgan fingerprint density at radius 1 is 1.42 bits per heavy atom. The van der Waals surface area contributed by atoms with Crippen LogP contribution in [0.3, 0.4) is 0 Å². The Hall–Kier alpha value is -0.813. The van der Waals surface area contributed by atoms with Gasteiger partial charge in [0.2, 0.25) is 5.88 Å². The Balaban J connectivity index is 2.55. The van der Waals surface area contributed by atoms with Crippen LogP contribution in [0.1, 0.15) is 27.7 Å². The predicted octanol–water partition coefficient (Wildman–Crippen LogP) is 3.59. The summed E-state index contributed by atoms with van der Waals surface area (Å²) in [5.74, 6) is 1.38.